The fourth-order valence-corrected chi connectivity index (χ4v) is 2.57. The Morgan fingerprint density at radius 1 is 1.33 bits per heavy atom. The molecule has 2 rings (SSSR count). The van der Waals surface area contributed by atoms with Crippen LogP contribution in [0, 0.1) is 17.5 Å². The van der Waals surface area contributed by atoms with E-state index in [0.717, 1.165) is 30.3 Å². The number of ether oxygens (including phenoxy) is 1. The zero-order valence-electron chi connectivity index (χ0n) is 12.8. The van der Waals surface area contributed by atoms with Crippen molar-refractivity contribution in [1.82, 2.24) is 14.8 Å². The summed E-state index contributed by atoms with van der Waals surface area (Å²) < 4.78 is 46.2. The Morgan fingerprint density at radius 2 is 2.12 bits per heavy atom. The van der Waals surface area contributed by atoms with E-state index in [2.05, 4.69) is 15.5 Å². The van der Waals surface area contributed by atoms with Crippen molar-refractivity contribution in [2.45, 2.75) is 18.1 Å². The molecule has 0 atom stereocenters. The molecule has 24 heavy (non-hydrogen) atoms. The predicted octanol–water partition coefficient (Wildman–Crippen LogP) is 2.46. The first-order valence-corrected chi connectivity index (χ1v) is 7.94. The van der Waals surface area contributed by atoms with Crippen LogP contribution in [-0.4, -0.2) is 40.1 Å². The van der Waals surface area contributed by atoms with Crippen molar-refractivity contribution in [3.63, 3.8) is 0 Å². The van der Waals surface area contributed by atoms with Crippen LogP contribution in [0.1, 0.15) is 6.42 Å². The van der Waals surface area contributed by atoms with E-state index < -0.39 is 29.0 Å². The number of rotatable bonds is 8. The number of amides is 1. The number of hydrogen-bond acceptors (Lipinski definition) is 5. The molecule has 1 aromatic carbocycles. The Hall–Kier alpha value is -2.07. The molecular formula is C14H15F3N4O2S. The fraction of sp³-hybridized carbons (Fsp3) is 0.357. The number of carbonyl (C=O) groups excluding carboxylic acids is 1. The summed E-state index contributed by atoms with van der Waals surface area (Å²) in [7, 11) is 1.60. The number of carbonyl (C=O) groups is 1. The van der Waals surface area contributed by atoms with Gasteiger partial charge in [0.05, 0.1) is 11.4 Å². The minimum absolute atomic E-state index is 0.0819. The Kier molecular flexibility index (Phi) is 6.62. The molecule has 0 aliphatic carbocycles. The van der Waals surface area contributed by atoms with Crippen LogP contribution in [0.4, 0.5) is 18.9 Å². The molecular weight excluding hydrogens is 345 g/mol. The number of anilines is 1. The smallest absolute Gasteiger partial charge is 0.234 e. The van der Waals surface area contributed by atoms with Crippen LogP contribution in [0.5, 0.6) is 0 Å². The summed E-state index contributed by atoms with van der Waals surface area (Å²) in [6.45, 7) is 1.21. The monoisotopic (exact) mass is 360 g/mol. The van der Waals surface area contributed by atoms with Gasteiger partial charge in [-0.25, -0.2) is 13.2 Å². The molecule has 0 fully saturated rings. The summed E-state index contributed by atoms with van der Waals surface area (Å²) >= 11 is 1.10. The molecule has 0 bridgehead atoms. The minimum atomic E-state index is -1.63. The second kappa shape index (κ2) is 8.69. The van der Waals surface area contributed by atoms with Gasteiger partial charge in [0.2, 0.25) is 5.91 Å². The van der Waals surface area contributed by atoms with Gasteiger partial charge in [-0.1, -0.05) is 11.8 Å². The number of nitrogens with zero attached hydrogens (tertiary/aromatic N) is 3. The SMILES string of the molecule is COCCCn1cnnc1SCC(=O)Nc1ccc(F)c(F)c1F. The molecule has 0 radical (unpaired) electrons. The van der Waals surface area contributed by atoms with Crippen LogP contribution in [0.3, 0.4) is 0 Å². The Bertz CT molecular complexity index is 711. The van der Waals surface area contributed by atoms with Crippen LogP contribution >= 0.6 is 11.8 Å². The van der Waals surface area contributed by atoms with Gasteiger partial charge in [0.15, 0.2) is 22.6 Å². The van der Waals surface area contributed by atoms with Crippen molar-refractivity contribution in [3.05, 3.63) is 35.9 Å². The molecule has 6 nitrogen and oxygen atoms in total. The predicted molar refractivity (Wildman–Crippen MR) is 82.2 cm³/mol. The molecule has 130 valence electrons. The summed E-state index contributed by atoms with van der Waals surface area (Å²) in [5.41, 5.74) is -0.416. The third-order valence-electron chi connectivity index (χ3n) is 2.97. The first kappa shape index (κ1) is 18.3. The first-order chi connectivity index (χ1) is 11.5. The molecule has 1 heterocycles. The molecule has 0 aliphatic rings. The molecule has 2 aromatic rings. The number of benzene rings is 1. The highest BCUT2D eigenvalue weighted by molar-refractivity contribution is 7.99. The van der Waals surface area contributed by atoms with Crippen LogP contribution in [0.25, 0.3) is 0 Å². The normalized spacial score (nSPS) is 10.8. The highest BCUT2D eigenvalue weighted by Gasteiger charge is 2.16. The zero-order chi connectivity index (χ0) is 17.5. The molecule has 1 aromatic heterocycles. The van der Waals surface area contributed by atoms with Gasteiger partial charge in [0, 0.05) is 20.3 Å². The number of nitrogens with one attached hydrogen (secondary N) is 1. The van der Waals surface area contributed by atoms with Gasteiger partial charge in [0.1, 0.15) is 6.33 Å². The van der Waals surface area contributed by atoms with Crippen molar-refractivity contribution in [3.8, 4) is 0 Å². The molecule has 1 N–H and O–H groups in total. The number of hydrogen-bond donors (Lipinski definition) is 1. The fourth-order valence-electron chi connectivity index (χ4n) is 1.83. The van der Waals surface area contributed by atoms with Crippen molar-refractivity contribution in [2.75, 3.05) is 24.8 Å². The molecule has 1 amide bonds. The second-order valence-corrected chi connectivity index (χ2v) is 5.66. The van der Waals surface area contributed by atoms with Gasteiger partial charge in [-0.15, -0.1) is 10.2 Å². The molecule has 0 unspecified atom stereocenters. The van der Waals surface area contributed by atoms with E-state index in [4.69, 9.17) is 4.74 Å². The van der Waals surface area contributed by atoms with Gasteiger partial charge in [-0.05, 0) is 18.6 Å². The van der Waals surface area contributed by atoms with E-state index in [1.54, 1.807) is 11.7 Å². The van der Waals surface area contributed by atoms with E-state index in [1.165, 1.54) is 6.33 Å². The Labute approximate surface area is 140 Å². The van der Waals surface area contributed by atoms with Crippen molar-refractivity contribution < 1.29 is 22.7 Å². The lowest BCUT2D eigenvalue weighted by molar-refractivity contribution is -0.113. The van der Waals surface area contributed by atoms with E-state index in [0.29, 0.717) is 18.3 Å². The molecule has 0 spiro atoms. The summed E-state index contributed by atoms with van der Waals surface area (Å²) in [5.74, 6) is -5.03. The van der Waals surface area contributed by atoms with Gasteiger partial charge in [-0.3, -0.25) is 4.79 Å². The van der Waals surface area contributed by atoms with Crippen LogP contribution in [0.2, 0.25) is 0 Å². The minimum Gasteiger partial charge on any atom is -0.385 e. The first-order valence-electron chi connectivity index (χ1n) is 6.95. The van der Waals surface area contributed by atoms with Crippen LogP contribution in [-0.2, 0) is 16.1 Å². The molecule has 0 aliphatic heterocycles. The Morgan fingerprint density at radius 3 is 2.88 bits per heavy atom. The maximum Gasteiger partial charge on any atom is 0.234 e. The molecule has 0 saturated carbocycles. The van der Waals surface area contributed by atoms with Gasteiger partial charge in [-0.2, -0.15) is 0 Å². The van der Waals surface area contributed by atoms with Crippen molar-refractivity contribution in [1.29, 1.82) is 0 Å². The van der Waals surface area contributed by atoms with Crippen molar-refractivity contribution in [2.24, 2.45) is 0 Å². The molecule has 0 saturated heterocycles. The number of aryl methyl sites for hydroxylation is 1. The van der Waals surface area contributed by atoms with E-state index in [1.807, 2.05) is 0 Å². The van der Waals surface area contributed by atoms with Crippen molar-refractivity contribution >= 4 is 23.4 Å². The average molecular weight is 360 g/mol. The Balaban J connectivity index is 1.90. The number of methoxy groups -OCH3 is 1. The maximum absolute atomic E-state index is 13.5. The topological polar surface area (TPSA) is 69.0 Å². The number of aromatic nitrogens is 3. The standard InChI is InChI=1S/C14H15F3N4O2S/c1-23-6-2-5-21-8-18-20-14(21)24-7-11(22)19-10-4-3-9(15)12(16)13(10)17/h3-4,8H,2,5-7H2,1H3,(H,19,22). The molecule has 10 heteroatoms. The highest BCUT2D eigenvalue weighted by atomic mass is 32.2. The summed E-state index contributed by atoms with van der Waals surface area (Å²) in [4.78, 5) is 11.8. The quantitative estimate of drug-likeness (QED) is 0.445. The third-order valence-corrected chi connectivity index (χ3v) is 3.95. The second-order valence-electron chi connectivity index (χ2n) is 4.71. The number of thioether (sulfide) groups is 1. The van der Waals surface area contributed by atoms with E-state index in [-0.39, 0.29) is 5.75 Å². The maximum atomic E-state index is 13.5. The van der Waals surface area contributed by atoms with Crippen LogP contribution in [0.15, 0.2) is 23.6 Å². The summed E-state index contributed by atoms with van der Waals surface area (Å²) in [6, 6.07) is 1.71. The van der Waals surface area contributed by atoms with Gasteiger partial charge < -0.3 is 14.6 Å². The highest BCUT2D eigenvalue weighted by Crippen LogP contribution is 2.21. The number of halogens is 3. The zero-order valence-corrected chi connectivity index (χ0v) is 13.6. The van der Waals surface area contributed by atoms with Crippen LogP contribution < -0.4 is 5.32 Å². The lowest BCUT2D eigenvalue weighted by Gasteiger charge is -2.08. The largest absolute Gasteiger partial charge is 0.385 e. The summed E-state index contributed by atoms with van der Waals surface area (Å²) in [6.07, 6.45) is 2.29. The summed E-state index contributed by atoms with van der Waals surface area (Å²) in [5, 5.41) is 10.4. The lowest BCUT2D eigenvalue weighted by atomic mass is 10.3. The van der Waals surface area contributed by atoms with E-state index in [9.17, 15) is 18.0 Å². The third kappa shape index (κ3) is 4.71. The van der Waals surface area contributed by atoms with Gasteiger partial charge >= 0.3 is 0 Å². The average Bonchev–Trinajstić information content (AvgIpc) is 3.01. The lowest BCUT2D eigenvalue weighted by Crippen LogP contribution is -2.16. The van der Waals surface area contributed by atoms with Gasteiger partial charge in [0.25, 0.3) is 0 Å². The van der Waals surface area contributed by atoms with E-state index >= 15 is 0 Å².